The van der Waals surface area contributed by atoms with Crippen molar-refractivity contribution in [1.29, 1.82) is 0 Å². The summed E-state index contributed by atoms with van der Waals surface area (Å²) in [5, 5.41) is 14.8. The summed E-state index contributed by atoms with van der Waals surface area (Å²) in [6.45, 7) is 4.17. The largest absolute Gasteiger partial charge is 0.444 e. The van der Waals surface area contributed by atoms with Crippen LogP contribution in [-0.2, 0) is 5.75 Å². The molecule has 4 rings (SSSR count). The average molecular weight is 369 g/mol. The van der Waals surface area contributed by atoms with Gasteiger partial charge in [-0.2, -0.15) is 4.68 Å². The molecule has 3 aromatic heterocycles. The molecule has 0 spiro atoms. The summed E-state index contributed by atoms with van der Waals surface area (Å²) in [5.41, 5.74) is 4.27. The van der Waals surface area contributed by atoms with E-state index in [2.05, 4.69) is 46.5 Å². The number of rotatable bonds is 5. The first-order valence-corrected chi connectivity index (χ1v) is 9.54. The van der Waals surface area contributed by atoms with E-state index in [1.807, 2.05) is 23.6 Å². The number of nitrogens with zero attached hydrogens (tertiary/aromatic N) is 5. The third-order valence-corrected chi connectivity index (χ3v) is 5.62. The summed E-state index contributed by atoms with van der Waals surface area (Å²) >= 11 is 3.14. The number of aromatic nitrogens is 5. The molecule has 0 N–H and O–H groups in total. The zero-order valence-corrected chi connectivity index (χ0v) is 15.3. The lowest BCUT2D eigenvalue weighted by molar-refractivity contribution is 0.575. The van der Waals surface area contributed by atoms with Gasteiger partial charge in [-0.3, -0.25) is 0 Å². The molecule has 4 aromatic rings. The summed E-state index contributed by atoms with van der Waals surface area (Å²) in [6.07, 6.45) is 1.69. The van der Waals surface area contributed by atoms with Crippen molar-refractivity contribution in [3.63, 3.8) is 0 Å². The molecular formula is C17H15N5OS2. The number of hydrogen-bond acceptors (Lipinski definition) is 7. The van der Waals surface area contributed by atoms with Crippen LogP contribution < -0.4 is 0 Å². The van der Waals surface area contributed by atoms with E-state index in [4.69, 9.17) is 4.42 Å². The summed E-state index contributed by atoms with van der Waals surface area (Å²) in [4.78, 5) is 5.55. The molecule has 1 aromatic carbocycles. The van der Waals surface area contributed by atoms with Gasteiger partial charge < -0.3 is 4.42 Å². The number of aryl methyl sites for hydroxylation is 2. The third kappa shape index (κ3) is 3.35. The molecule has 0 amide bonds. The van der Waals surface area contributed by atoms with Gasteiger partial charge in [-0.05, 0) is 59.0 Å². The zero-order chi connectivity index (χ0) is 17.2. The Labute approximate surface area is 152 Å². The molecule has 3 heterocycles. The summed E-state index contributed by atoms with van der Waals surface area (Å²) in [5.74, 6) is 1.29. The van der Waals surface area contributed by atoms with Crippen molar-refractivity contribution in [3.8, 4) is 16.5 Å². The van der Waals surface area contributed by atoms with Crippen molar-refractivity contribution in [2.45, 2.75) is 24.8 Å². The van der Waals surface area contributed by atoms with Gasteiger partial charge in [0.2, 0.25) is 11.0 Å². The van der Waals surface area contributed by atoms with Crippen LogP contribution in [0.2, 0.25) is 0 Å². The van der Waals surface area contributed by atoms with Gasteiger partial charge >= 0.3 is 0 Å². The highest BCUT2D eigenvalue weighted by molar-refractivity contribution is 7.98. The first kappa shape index (κ1) is 16.0. The van der Waals surface area contributed by atoms with Gasteiger partial charge in [-0.1, -0.05) is 23.9 Å². The Balaban J connectivity index is 1.51. The van der Waals surface area contributed by atoms with E-state index in [0.717, 1.165) is 21.4 Å². The molecule has 0 fully saturated rings. The molecule has 0 radical (unpaired) electrons. The minimum Gasteiger partial charge on any atom is -0.444 e. The molecule has 8 heteroatoms. The maximum absolute atomic E-state index is 5.55. The lowest BCUT2D eigenvalue weighted by Gasteiger charge is -2.06. The summed E-state index contributed by atoms with van der Waals surface area (Å²) < 4.78 is 7.30. The van der Waals surface area contributed by atoms with Crippen molar-refractivity contribution in [1.82, 2.24) is 25.2 Å². The minimum absolute atomic E-state index is 0.639. The van der Waals surface area contributed by atoms with Crippen LogP contribution in [0.5, 0.6) is 0 Å². The van der Waals surface area contributed by atoms with E-state index < -0.39 is 0 Å². The predicted octanol–water partition coefficient (Wildman–Crippen LogP) is 4.29. The fourth-order valence-corrected chi connectivity index (χ4v) is 3.74. The Kier molecular flexibility index (Phi) is 4.37. The predicted molar refractivity (Wildman–Crippen MR) is 98.0 cm³/mol. The first-order chi connectivity index (χ1) is 12.2. The lowest BCUT2D eigenvalue weighted by atomic mass is 10.1. The monoisotopic (exact) mass is 369 g/mol. The number of thiophene rings is 1. The standard InChI is InChI=1S/C17H15N5OS2/c1-11-5-6-14(8-12(11)2)22-17(19-20-21-22)25-10-13-9-23-16(18-13)15-4-3-7-24-15/h3-9H,10H2,1-2H3. The highest BCUT2D eigenvalue weighted by Crippen LogP contribution is 2.27. The SMILES string of the molecule is Cc1ccc(-n2nnnc2SCc2coc(-c3cccs3)n2)cc1C. The molecule has 0 unspecified atom stereocenters. The molecule has 25 heavy (non-hydrogen) atoms. The molecule has 0 atom stereocenters. The Morgan fingerprint density at radius 3 is 2.92 bits per heavy atom. The summed E-state index contributed by atoms with van der Waals surface area (Å²) in [7, 11) is 0. The zero-order valence-electron chi connectivity index (χ0n) is 13.7. The van der Waals surface area contributed by atoms with Gasteiger partial charge in [-0.15, -0.1) is 16.4 Å². The van der Waals surface area contributed by atoms with Crippen LogP contribution >= 0.6 is 23.1 Å². The smallest absolute Gasteiger partial charge is 0.236 e. The van der Waals surface area contributed by atoms with Gasteiger partial charge in [0.1, 0.15) is 6.26 Å². The topological polar surface area (TPSA) is 69.6 Å². The second kappa shape index (κ2) is 6.81. The highest BCUT2D eigenvalue weighted by atomic mass is 32.2. The number of oxazole rings is 1. The molecule has 0 bridgehead atoms. The van der Waals surface area contributed by atoms with Crippen LogP contribution in [0.15, 0.2) is 51.5 Å². The first-order valence-electron chi connectivity index (χ1n) is 7.68. The van der Waals surface area contributed by atoms with Crippen molar-refractivity contribution in [2.24, 2.45) is 0 Å². The molecular weight excluding hydrogens is 354 g/mol. The van der Waals surface area contributed by atoms with E-state index in [9.17, 15) is 0 Å². The molecule has 0 aliphatic heterocycles. The van der Waals surface area contributed by atoms with E-state index >= 15 is 0 Å². The van der Waals surface area contributed by atoms with E-state index in [1.165, 1.54) is 22.9 Å². The van der Waals surface area contributed by atoms with Crippen molar-refractivity contribution >= 4 is 23.1 Å². The fraction of sp³-hybridized carbons (Fsp3) is 0.176. The maximum atomic E-state index is 5.55. The normalized spacial score (nSPS) is 11.1. The van der Waals surface area contributed by atoms with Gasteiger partial charge in [0.05, 0.1) is 16.3 Å². The average Bonchev–Trinajstić information content (AvgIpc) is 3.36. The summed E-state index contributed by atoms with van der Waals surface area (Å²) in [6, 6.07) is 10.2. The molecule has 0 aliphatic rings. The number of tetrazole rings is 1. The maximum Gasteiger partial charge on any atom is 0.236 e. The number of benzene rings is 1. The van der Waals surface area contributed by atoms with E-state index in [-0.39, 0.29) is 0 Å². The Morgan fingerprint density at radius 2 is 2.12 bits per heavy atom. The fourth-order valence-electron chi connectivity index (χ4n) is 2.31. The second-order valence-corrected chi connectivity index (χ2v) is 7.44. The van der Waals surface area contributed by atoms with Gasteiger partial charge in [0, 0.05) is 5.75 Å². The van der Waals surface area contributed by atoms with Crippen LogP contribution in [0.3, 0.4) is 0 Å². The van der Waals surface area contributed by atoms with Gasteiger partial charge in [0.15, 0.2) is 0 Å². The van der Waals surface area contributed by atoms with Crippen molar-refractivity contribution in [3.05, 3.63) is 58.8 Å². The van der Waals surface area contributed by atoms with E-state index in [1.54, 1.807) is 22.3 Å². The Hall–Kier alpha value is -2.45. The number of thioether (sulfide) groups is 1. The molecule has 0 saturated carbocycles. The third-order valence-electron chi connectivity index (χ3n) is 3.81. The Bertz CT molecular complexity index is 990. The van der Waals surface area contributed by atoms with Gasteiger partial charge in [-0.25, -0.2) is 4.98 Å². The van der Waals surface area contributed by atoms with Crippen LogP contribution in [0.4, 0.5) is 0 Å². The second-order valence-electron chi connectivity index (χ2n) is 5.55. The quantitative estimate of drug-likeness (QED) is 0.489. The molecule has 0 saturated heterocycles. The van der Waals surface area contributed by atoms with Crippen LogP contribution in [0.1, 0.15) is 16.8 Å². The Morgan fingerprint density at radius 1 is 1.20 bits per heavy atom. The van der Waals surface area contributed by atoms with E-state index in [0.29, 0.717) is 11.6 Å². The van der Waals surface area contributed by atoms with Crippen molar-refractivity contribution in [2.75, 3.05) is 0 Å². The lowest BCUT2D eigenvalue weighted by Crippen LogP contribution is -2.00. The minimum atomic E-state index is 0.639. The molecule has 0 aliphatic carbocycles. The molecule has 6 nitrogen and oxygen atoms in total. The highest BCUT2D eigenvalue weighted by Gasteiger charge is 2.12. The van der Waals surface area contributed by atoms with Crippen LogP contribution in [0.25, 0.3) is 16.5 Å². The number of hydrogen-bond donors (Lipinski definition) is 0. The van der Waals surface area contributed by atoms with Crippen LogP contribution in [-0.4, -0.2) is 25.2 Å². The molecule has 126 valence electrons. The van der Waals surface area contributed by atoms with Crippen LogP contribution in [0, 0.1) is 13.8 Å². The van der Waals surface area contributed by atoms with Gasteiger partial charge in [0.25, 0.3) is 0 Å². The van der Waals surface area contributed by atoms with Crippen molar-refractivity contribution < 1.29 is 4.42 Å².